The van der Waals surface area contributed by atoms with Gasteiger partial charge in [-0.3, -0.25) is 0 Å². The molecule has 4 heteroatoms. The summed E-state index contributed by atoms with van der Waals surface area (Å²) in [6.45, 7) is 2.62. The molecule has 2 rings (SSSR count). The Labute approximate surface area is 234 Å². The van der Waals surface area contributed by atoms with Crippen molar-refractivity contribution in [2.45, 2.75) is 103 Å². The molecule has 36 heavy (non-hydrogen) atoms. The van der Waals surface area contributed by atoms with Gasteiger partial charge in [0, 0.05) is 17.3 Å². The molecular weight excluding hydrogens is 559 g/mol. The number of hydrogen-bond donors (Lipinski definition) is 0. The number of methoxy groups -OCH3 is 1. The second-order valence-electron chi connectivity index (χ2n) is 9.91. The van der Waals surface area contributed by atoms with Gasteiger partial charge in [-0.05, 0) is 65.1 Å². The summed E-state index contributed by atoms with van der Waals surface area (Å²) in [5.74, 6) is 0. The third-order valence-corrected chi connectivity index (χ3v) is 7.44. The van der Waals surface area contributed by atoms with Crippen molar-refractivity contribution in [1.82, 2.24) is 0 Å². The number of rotatable bonds is 23. The molecule has 2 aromatic carbocycles. The van der Waals surface area contributed by atoms with Crippen LogP contribution in [0.5, 0.6) is 0 Å². The van der Waals surface area contributed by atoms with E-state index in [0.29, 0.717) is 19.8 Å². The van der Waals surface area contributed by atoms with Crippen LogP contribution in [0.2, 0.25) is 0 Å². The summed E-state index contributed by atoms with van der Waals surface area (Å²) in [5.41, 5.74) is 2.68. The SMILES string of the molecule is COC(COCCCCCCCCCCCCCCCc1ccc(I)cc1)COCc1ccccc1. The maximum absolute atomic E-state index is 5.82. The topological polar surface area (TPSA) is 27.7 Å². The summed E-state index contributed by atoms with van der Waals surface area (Å²) in [6.07, 6.45) is 18.9. The van der Waals surface area contributed by atoms with Gasteiger partial charge in [-0.25, -0.2) is 0 Å². The number of aryl methyl sites for hydroxylation is 1. The van der Waals surface area contributed by atoms with E-state index in [0.717, 1.165) is 13.0 Å². The van der Waals surface area contributed by atoms with Crippen LogP contribution in [0, 0.1) is 3.57 Å². The summed E-state index contributed by atoms with van der Waals surface area (Å²) in [5, 5.41) is 0. The van der Waals surface area contributed by atoms with Crippen molar-refractivity contribution in [2.75, 3.05) is 26.9 Å². The van der Waals surface area contributed by atoms with Gasteiger partial charge in [0.1, 0.15) is 6.10 Å². The average molecular weight is 609 g/mol. The van der Waals surface area contributed by atoms with Crippen molar-refractivity contribution in [2.24, 2.45) is 0 Å². The van der Waals surface area contributed by atoms with Gasteiger partial charge >= 0.3 is 0 Å². The molecule has 0 radical (unpaired) electrons. The lowest BCUT2D eigenvalue weighted by Gasteiger charge is -2.16. The molecule has 202 valence electrons. The van der Waals surface area contributed by atoms with Gasteiger partial charge in [0.05, 0.1) is 19.8 Å². The largest absolute Gasteiger partial charge is 0.379 e. The van der Waals surface area contributed by atoms with Crippen molar-refractivity contribution >= 4 is 22.6 Å². The van der Waals surface area contributed by atoms with Crippen LogP contribution in [-0.2, 0) is 27.2 Å². The molecule has 3 nitrogen and oxygen atoms in total. The van der Waals surface area contributed by atoms with Crippen LogP contribution in [0.1, 0.15) is 94.6 Å². The molecule has 0 aliphatic heterocycles. The Morgan fingerprint density at radius 1 is 0.583 bits per heavy atom. The standard InChI is InChI=1S/C32H49IO3/c1-34-32(28-36-26-30-19-15-13-16-20-30)27-35-25-17-12-10-8-6-4-2-3-5-7-9-11-14-18-29-21-23-31(33)24-22-29/h13,15-16,19-24,32H,2-12,14,17-18,25-28H2,1H3. The quantitative estimate of drug-likeness (QED) is 0.0930. The van der Waals surface area contributed by atoms with Crippen molar-refractivity contribution in [1.29, 1.82) is 0 Å². The van der Waals surface area contributed by atoms with Gasteiger partial charge in [0.25, 0.3) is 0 Å². The van der Waals surface area contributed by atoms with Crippen molar-refractivity contribution in [3.05, 3.63) is 69.3 Å². The van der Waals surface area contributed by atoms with E-state index in [1.807, 2.05) is 18.2 Å². The Morgan fingerprint density at radius 3 is 1.69 bits per heavy atom. The van der Waals surface area contributed by atoms with Crippen LogP contribution in [0.3, 0.4) is 0 Å². The van der Waals surface area contributed by atoms with Gasteiger partial charge in [0.2, 0.25) is 0 Å². The maximum atomic E-state index is 5.82. The van der Waals surface area contributed by atoms with Crippen LogP contribution in [0.4, 0.5) is 0 Å². The molecule has 0 bridgehead atoms. The summed E-state index contributed by atoms with van der Waals surface area (Å²) in [4.78, 5) is 0. The smallest absolute Gasteiger partial charge is 0.104 e. The van der Waals surface area contributed by atoms with Gasteiger partial charge < -0.3 is 14.2 Å². The zero-order valence-electron chi connectivity index (χ0n) is 22.6. The van der Waals surface area contributed by atoms with E-state index in [2.05, 4.69) is 59.0 Å². The van der Waals surface area contributed by atoms with E-state index in [-0.39, 0.29) is 6.10 Å². The molecule has 0 spiro atoms. The molecule has 1 unspecified atom stereocenters. The van der Waals surface area contributed by atoms with Crippen LogP contribution in [0.25, 0.3) is 0 Å². The van der Waals surface area contributed by atoms with Crippen molar-refractivity contribution < 1.29 is 14.2 Å². The highest BCUT2D eigenvalue weighted by Crippen LogP contribution is 2.14. The van der Waals surface area contributed by atoms with Crippen LogP contribution in [-0.4, -0.2) is 33.0 Å². The number of halogens is 1. The number of unbranched alkanes of at least 4 members (excludes halogenated alkanes) is 12. The minimum atomic E-state index is 0.00661. The van der Waals surface area contributed by atoms with Crippen LogP contribution in [0.15, 0.2) is 54.6 Å². The third-order valence-electron chi connectivity index (χ3n) is 6.72. The predicted molar refractivity (Wildman–Crippen MR) is 161 cm³/mol. The molecule has 0 aromatic heterocycles. The first-order chi connectivity index (χ1) is 17.8. The first-order valence-electron chi connectivity index (χ1n) is 14.2. The van der Waals surface area contributed by atoms with E-state index in [1.54, 1.807) is 7.11 Å². The highest BCUT2D eigenvalue weighted by Gasteiger charge is 2.08. The Balaban J connectivity index is 1.27. The number of hydrogen-bond acceptors (Lipinski definition) is 3. The Morgan fingerprint density at radius 2 is 1.11 bits per heavy atom. The Bertz CT molecular complexity index is 735. The lowest BCUT2D eigenvalue weighted by atomic mass is 10.0. The van der Waals surface area contributed by atoms with Crippen LogP contribution >= 0.6 is 22.6 Å². The minimum Gasteiger partial charge on any atom is -0.379 e. The lowest BCUT2D eigenvalue weighted by molar-refractivity contribution is -0.0451. The fourth-order valence-corrected chi connectivity index (χ4v) is 4.77. The number of ether oxygens (including phenoxy) is 3. The molecule has 0 heterocycles. The molecular formula is C32H49IO3. The zero-order valence-corrected chi connectivity index (χ0v) is 24.8. The fraction of sp³-hybridized carbons (Fsp3) is 0.625. The minimum absolute atomic E-state index is 0.00661. The van der Waals surface area contributed by atoms with Gasteiger partial charge in [-0.1, -0.05) is 113 Å². The summed E-state index contributed by atoms with van der Waals surface area (Å²) >= 11 is 2.37. The van der Waals surface area contributed by atoms with Crippen molar-refractivity contribution in [3.8, 4) is 0 Å². The lowest BCUT2D eigenvalue weighted by Crippen LogP contribution is -2.24. The second-order valence-corrected chi connectivity index (χ2v) is 11.2. The summed E-state index contributed by atoms with van der Waals surface area (Å²) < 4.78 is 18.4. The molecule has 0 fully saturated rings. The van der Waals surface area contributed by atoms with E-state index >= 15 is 0 Å². The fourth-order valence-electron chi connectivity index (χ4n) is 4.41. The van der Waals surface area contributed by atoms with Gasteiger partial charge in [-0.2, -0.15) is 0 Å². The molecule has 0 N–H and O–H groups in total. The Hall–Kier alpha value is -0.950. The molecule has 0 aliphatic carbocycles. The van der Waals surface area contributed by atoms with Crippen molar-refractivity contribution in [3.63, 3.8) is 0 Å². The highest BCUT2D eigenvalue weighted by molar-refractivity contribution is 14.1. The molecule has 0 saturated carbocycles. The molecule has 2 aromatic rings. The Kier molecular flexibility index (Phi) is 19.2. The second kappa shape index (κ2) is 22.1. The van der Waals surface area contributed by atoms with Crippen LogP contribution < -0.4 is 0 Å². The molecule has 1 atom stereocenters. The van der Waals surface area contributed by atoms with Gasteiger partial charge in [-0.15, -0.1) is 0 Å². The summed E-state index contributed by atoms with van der Waals surface area (Å²) in [7, 11) is 1.73. The number of benzene rings is 2. The highest BCUT2D eigenvalue weighted by atomic mass is 127. The third kappa shape index (κ3) is 16.7. The molecule has 0 amide bonds. The first kappa shape index (κ1) is 31.3. The predicted octanol–water partition coefficient (Wildman–Crippen LogP) is 9.15. The normalized spacial score (nSPS) is 12.2. The average Bonchev–Trinajstić information content (AvgIpc) is 2.91. The summed E-state index contributed by atoms with van der Waals surface area (Å²) in [6, 6.07) is 19.2. The zero-order chi connectivity index (χ0) is 25.5. The van der Waals surface area contributed by atoms with Gasteiger partial charge in [0.15, 0.2) is 0 Å². The molecule has 0 aliphatic rings. The van der Waals surface area contributed by atoms with E-state index < -0.39 is 0 Å². The monoisotopic (exact) mass is 608 g/mol. The van der Waals surface area contributed by atoms with E-state index in [1.165, 1.54) is 98.2 Å². The maximum Gasteiger partial charge on any atom is 0.104 e. The first-order valence-corrected chi connectivity index (χ1v) is 15.3. The van der Waals surface area contributed by atoms with E-state index in [4.69, 9.17) is 14.2 Å². The van der Waals surface area contributed by atoms with E-state index in [9.17, 15) is 0 Å². The molecule has 0 saturated heterocycles.